The van der Waals surface area contributed by atoms with Crippen molar-refractivity contribution in [3.63, 3.8) is 0 Å². The molecule has 5 rings (SSSR count). The fourth-order valence-corrected chi connectivity index (χ4v) is 4.41. The molecule has 1 aliphatic rings. The summed E-state index contributed by atoms with van der Waals surface area (Å²) in [6.45, 7) is 0.128. The van der Waals surface area contributed by atoms with Gasteiger partial charge in [-0.3, -0.25) is 4.68 Å². The minimum absolute atomic E-state index is 0.128. The topological polar surface area (TPSA) is 74.8 Å². The van der Waals surface area contributed by atoms with E-state index in [0.29, 0.717) is 5.69 Å². The Morgan fingerprint density at radius 1 is 1.24 bits per heavy atom. The summed E-state index contributed by atoms with van der Waals surface area (Å²) in [5.74, 6) is -0.395. The summed E-state index contributed by atoms with van der Waals surface area (Å²) >= 11 is 1.51. The van der Waals surface area contributed by atoms with E-state index in [1.807, 2.05) is 53.6 Å². The molecule has 0 saturated heterocycles. The van der Waals surface area contributed by atoms with Crippen LogP contribution in [0.15, 0.2) is 48.1 Å². The van der Waals surface area contributed by atoms with E-state index in [1.54, 1.807) is 10.9 Å². The second-order valence-corrected chi connectivity index (χ2v) is 7.86. The van der Waals surface area contributed by atoms with Crippen LogP contribution in [-0.4, -0.2) is 30.5 Å². The highest BCUT2D eigenvalue weighted by molar-refractivity contribution is 7.13. The smallest absolute Gasteiger partial charge is 0.359 e. The molecule has 0 atom stereocenters. The highest BCUT2D eigenvalue weighted by Gasteiger charge is 2.28. The monoisotopic (exact) mass is 405 g/mol. The Morgan fingerprint density at radius 3 is 2.90 bits per heavy atom. The molecule has 0 fully saturated rings. The van der Waals surface area contributed by atoms with Gasteiger partial charge >= 0.3 is 5.97 Å². The van der Waals surface area contributed by atoms with E-state index in [0.717, 1.165) is 52.5 Å². The first kappa shape index (κ1) is 17.8. The molecule has 0 unspecified atom stereocenters. The van der Waals surface area contributed by atoms with Crippen LogP contribution in [0, 0.1) is 0 Å². The van der Waals surface area contributed by atoms with Crippen molar-refractivity contribution in [3.05, 3.63) is 70.8 Å². The lowest BCUT2D eigenvalue weighted by Gasteiger charge is -2.04. The Morgan fingerprint density at radius 2 is 2.10 bits per heavy atom. The molecule has 0 radical (unpaired) electrons. The molecule has 1 aliphatic carbocycles. The minimum atomic E-state index is -0.395. The summed E-state index contributed by atoms with van der Waals surface area (Å²) in [7, 11) is 1.87. The Labute approximate surface area is 171 Å². The number of aromatic nitrogens is 5. The van der Waals surface area contributed by atoms with Gasteiger partial charge in [-0.15, -0.1) is 11.3 Å². The Hall–Kier alpha value is -3.26. The Bertz CT molecular complexity index is 1180. The molecule has 0 amide bonds. The van der Waals surface area contributed by atoms with E-state index in [4.69, 9.17) is 4.74 Å². The van der Waals surface area contributed by atoms with Crippen molar-refractivity contribution in [2.24, 2.45) is 7.05 Å². The molecule has 0 aliphatic heterocycles. The molecular weight excluding hydrogens is 386 g/mol. The lowest BCUT2D eigenvalue weighted by atomic mass is 10.2. The summed E-state index contributed by atoms with van der Waals surface area (Å²) in [5, 5.41) is 11.5. The number of ether oxygens (including phenoxy) is 1. The quantitative estimate of drug-likeness (QED) is 0.475. The number of fused-ring (bicyclic) bond motifs is 1. The van der Waals surface area contributed by atoms with Crippen LogP contribution in [0.3, 0.4) is 0 Å². The molecule has 0 N–H and O–H groups in total. The van der Waals surface area contributed by atoms with Gasteiger partial charge in [0, 0.05) is 35.4 Å². The van der Waals surface area contributed by atoms with Crippen LogP contribution >= 0.6 is 11.3 Å². The van der Waals surface area contributed by atoms with E-state index in [2.05, 4.69) is 15.2 Å². The van der Waals surface area contributed by atoms with Gasteiger partial charge in [0.05, 0.1) is 17.6 Å². The standard InChI is InChI=1S/C21H19N5O2S/c1-25-11-14(10-22-25)20-23-15(13-29-20)12-28-21(27)19-17-8-5-9-18(17)26(24-19)16-6-3-2-4-7-16/h2-4,6-7,10-11,13H,5,8-9,12H2,1H3. The van der Waals surface area contributed by atoms with Gasteiger partial charge in [0.2, 0.25) is 0 Å². The van der Waals surface area contributed by atoms with Crippen molar-refractivity contribution >= 4 is 17.3 Å². The number of hydrogen-bond acceptors (Lipinski definition) is 6. The molecule has 3 heterocycles. The molecule has 0 spiro atoms. The average Bonchev–Trinajstić information content (AvgIpc) is 3.50. The van der Waals surface area contributed by atoms with Gasteiger partial charge in [-0.25, -0.2) is 14.5 Å². The zero-order chi connectivity index (χ0) is 19.8. The summed E-state index contributed by atoms with van der Waals surface area (Å²) in [5.41, 5.74) is 5.18. The average molecular weight is 405 g/mol. The van der Waals surface area contributed by atoms with E-state index < -0.39 is 5.97 Å². The highest BCUT2D eigenvalue weighted by atomic mass is 32.1. The van der Waals surface area contributed by atoms with Gasteiger partial charge < -0.3 is 4.74 Å². The molecule has 146 valence electrons. The van der Waals surface area contributed by atoms with Crippen LogP contribution in [0.1, 0.15) is 33.9 Å². The first-order valence-electron chi connectivity index (χ1n) is 9.46. The van der Waals surface area contributed by atoms with Gasteiger partial charge in [0.1, 0.15) is 11.6 Å². The van der Waals surface area contributed by atoms with E-state index >= 15 is 0 Å². The van der Waals surface area contributed by atoms with Crippen LogP contribution in [0.25, 0.3) is 16.3 Å². The molecule has 1 aromatic carbocycles. The minimum Gasteiger partial charge on any atom is -0.454 e. The lowest BCUT2D eigenvalue weighted by molar-refractivity contribution is 0.0459. The number of esters is 1. The normalized spacial score (nSPS) is 12.9. The fraction of sp³-hybridized carbons (Fsp3) is 0.238. The maximum atomic E-state index is 12.8. The van der Waals surface area contributed by atoms with Crippen molar-refractivity contribution in [2.75, 3.05) is 0 Å². The molecule has 29 heavy (non-hydrogen) atoms. The Balaban J connectivity index is 1.34. The largest absolute Gasteiger partial charge is 0.454 e. The number of aryl methyl sites for hydroxylation is 1. The lowest BCUT2D eigenvalue weighted by Crippen LogP contribution is -2.09. The second kappa shape index (κ2) is 7.29. The number of hydrogen-bond donors (Lipinski definition) is 0. The fourth-order valence-electron chi connectivity index (χ4n) is 3.63. The number of thiazole rings is 1. The SMILES string of the molecule is Cn1cc(-c2nc(COC(=O)c3nn(-c4ccccc4)c4c3CCC4)cs2)cn1. The number of carbonyl (C=O) groups excluding carboxylic acids is 1. The van der Waals surface area contributed by atoms with Gasteiger partial charge in [0.25, 0.3) is 0 Å². The summed E-state index contributed by atoms with van der Waals surface area (Å²) < 4.78 is 9.17. The van der Waals surface area contributed by atoms with Crippen LogP contribution in [0.2, 0.25) is 0 Å². The first-order chi connectivity index (χ1) is 14.2. The van der Waals surface area contributed by atoms with Crippen molar-refractivity contribution in [1.29, 1.82) is 0 Å². The van der Waals surface area contributed by atoms with E-state index in [1.165, 1.54) is 11.3 Å². The van der Waals surface area contributed by atoms with Crippen LogP contribution in [-0.2, 0) is 31.2 Å². The van der Waals surface area contributed by atoms with Gasteiger partial charge in [-0.05, 0) is 31.4 Å². The number of benzene rings is 1. The Kier molecular flexibility index (Phi) is 4.48. The van der Waals surface area contributed by atoms with Gasteiger partial charge in [-0.1, -0.05) is 18.2 Å². The van der Waals surface area contributed by atoms with Crippen LogP contribution < -0.4 is 0 Å². The number of carbonyl (C=O) groups is 1. The third kappa shape index (κ3) is 3.36. The number of rotatable bonds is 5. The number of nitrogens with zero attached hydrogens (tertiary/aromatic N) is 5. The summed E-state index contributed by atoms with van der Waals surface area (Å²) in [6.07, 6.45) is 6.49. The maximum Gasteiger partial charge on any atom is 0.359 e. The summed E-state index contributed by atoms with van der Waals surface area (Å²) in [4.78, 5) is 17.3. The molecule has 0 bridgehead atoms. The first-order valence-corrected chi connectivity index (χ1v) is 10.3. The summed E-state index contributed by atoms with van der Waals surface area (Å²) in [6, 6.07) is 9.90. The van der Waals surface area contributed by atoms with Crippen molar-refractivity contribution in [1.82, 2.24) is 24.5 Å². The zero-order valence-electron chi connectivity index (χ0n) is 15.9. The molecule has 3 aromatic heterocycles. The predicted octanol–water partition coefficient (Wildman–Crippen LogP) is 3.58. The second-order valence-electron chi connectivity index (χ2n) is 7.00. The van der Waals surface area contributed by atoms with Crippen LogP contribution in [0.5, 0.6) is 0 Å². The molecular formula is C21H19N5O2S. The maximum absolute atomic E-state index is 12.8. The third-order valence-corrected chi connectivity index (χ3v) is 5.92. The van der Waals surface area contributed by atoms with Crippen molar-refractivity contribution < 1.29 is 9.53 Å². The molecule has 7 nitrogen and oxygen atoms in total. The van der Waals surface area contributed by atoms with Crippen LogP contribution in [0.4, 0.5) is 0 Å². The van der Waals surface area contributed by atoms with Crippen molar-refractivity contribution in [3.8, 4) is 16.3 Å². The third-order valence-electron chi connectivity index (χ3n) is 4.98. The van der Waals surface area contributed by atoms with Crippen molar-refractivity contribution in [2.45, 2.75) is 25.9 Å². The number of para-hydroxylation sites is 1. The molecule has 4 aromatic rings. The highest BCUT2D eigenvalue weighted by Crippen LogP contribution is 2.29. The predicted molar refractivity (Wildman–Crippen MR) is 109 cm³/mol. The van der Waals surface area contributed by atoms with E-state index in [-0.39, 0.29) is 6.61 Å². The van der Waals surface area contributed by atoms with E-state index in [9.17, 15) is 4.79 Å². The van der Waals surface area contributed by atoms with Gasteiger partial charge in [-0.2, -0.15) is 10.2 Å². The van der Waals surface area contributed by atoms with Gasteiger partial charge in [0.15, 0.2) is 5.69 Å². The molecule has 8 heteroatoms. The zero-order valence-corrected chi connectivity index (χ0v) is 16.7. The molecule has 0 saturated carbocycles.